The zero-order chi connectivity index (χ0) is 14.4. The largest absolute Gasteiger partial charge is 0.494 e. The summed E-state index contributed by atoms with van der Waals surface area (Å²) in [4.78, 5) is 0. The van der Waals surface area contributed by atoms with Crippen LogP contribution in [0.25, 0.3) is 11.3 Å². The number of unbranched alkanes of at least 4 members (excludes halogenated alkanes) is 1. The summed E-state index contributed by atoms with van der Waals surface area (Å²) in [6.07, 6.45) is 2.24. The van der Waals surface area contributed by atoms with Crippen LogP contribution in [0.3, 0.4) is 0 Å². The van der Waals surface area contributed by atoms with Crippen LogP contribution in [-0.4, -0.2) is 23.9 Å². The van der Waals surface area contributed by atoms with Crippen molar-refractivity contribution in [1.29, 1.82) is 0 Å². The number of rotatable bonds is 7. The number of H-pyrrole nitrogens is 1. The lowest BCUT2D eigenvalue weighted by Gasteiger charge is -2.06. The number of aromatic amines is 1. The molecule has 0 saturated carbocycles. The van der Waals surface area contributed by atoms with E-state index in [1.165, 1.54) is 5.56 Å². The molecule has 108 valence electrons. The highest BCUT2D eigenvalue weighted by atomic mass is 16.5. The van der Waals surface area contributed by atoms with E-state index >= 15 is 0 Å². The molecule has 0 unspecified atom stereocenters. The van der Waals surface area contributed by atoms with Gasteiger partial charge in [-0.1, -0.05) is 13.3 Å². The van der Waals surface area contributed by atoms with E-state index in [-0.39, 0.29) is 0 Å². The van der Waals surface area contributed by atoms with Crippen molar-refractivity contribution in [3.05, 3.63) is 35.5 Å². The molecular formula is C16H23N3O. The van der Waals surface area contributed by atoms with Crippen LogP contribution in [0.4, 0.5) is 0 Å². The third-order valence-corrected chi connectivity index (χ3v) is 3.36. The molecule has 4 heteroatoms. The number of hydrogen-bond acceptors (Lipinski definition) is 3. The van der Waals surface area contributed by atoms with Crippen LogP contribution < -0.4 is 10.1 Å². The van der Waals surface area contributed by atoms with Gasteiger partial charge in [-0.2, -0.15) is 5.10 Å². The number of nitrogens with one attached hydrogen (secondary N) is 2. The SMILES string of the molecule is CCCCOc1ccc(-c2n[nH]c(CNC)c2C)cc1. The van der Waals surface area contributed by atoms with Crippen molar-refractivity contribution in [3.8, 4) is 17.0 Å². The molecule has 0 aliphatic carbocycles. The Morgan fingerprint density at radius 3 is 2.65 bits per heavy atom. The zero-order valence-corrected chi connectivity index (χ0v) is 12.5. The average Bonchev–Trinajstić information content (AvgIpc) is 2.82. The Hall–Kier alpha value is -1.81. The van der Waals surface area contributed by atoms with Crippen LogP contribution in [0, 0.1) is 6.92 Å². The summed E-state index contributed by atoms with van der Waals surface area (Å²) < 4.78 is 5.67. The molecule has 2 N–H and O–H groups in total. The molecule has 1 heterocycles. The molecule has 1 aromatic heterocycles. The Labute approximate surface area is 120 Å². The van der Waals surface area contributed by atoms with E-state index in [9.17, 15) is 0 Å². The van der Waals surface area contributed by atoms with Crippen LogP contribution >= 0.6 is 0 Å². The van der Waals surface area contributed by atoms with Gasteiger partial charge in [-0.3, -0.25) is 5.10 Å². The normalized spacial score (nSPS) is 10.8. The second-order valence-electron chi connectivity index (χ2n) is 4.93. The fourth-order valence-corrected chi connectivity index (χ4v) is 2.11. The molecule has 0 saturated heterocycles. The standard InChI is InChI=1S/C16H23N3O/c1-4-5-10-20-14-8-6-13(7-9-14)16-12(2)15(11-17-3)18-19-16/h6-9,17H,4-5,10-11H2,1-3H3,(H,18,19). The molecule has 0 radical (unpaired) electrons. The number of benzene rings is 1. The second kappa shape index (κ2) is 7.10. The maximum Gasteiger partial charge on any atom is 0.119 e. The lowest BCUT2D eigenvalue weighted by atomic mass is 10.1. The van der Waals surface area contributed by atoms with Crippen LogP contribution in [-0.2, 0) is 6.54 Å². The van der Waals surface area contributed by atoms with Crippen LogP contribution in [0.5, 0.6) is 5.75 Å². The summed E-state index contributed by atoms with van der Waals surface area (Å²) in [5.41, 5.74) is 4.45. The van der Waals surface area contributed by atoms with E-state index in [0.29, 0.717) is 0 Å². The van der Waals surface area contributed by atoms with Gasteiger partial charge in [-0.15, -0.1) is 0 Å². The molecule has 0 aliphatic heterocycles. The minimum Gasteiger partial charge on any atom is -0.494 e. The first-order chi connectivity index (χ1) is 9.76. The van der Waals surface area contributed by atoms with Gasteiger partial charge in [0.1, 0.15) is 5.75 Å². The Morgan fingerprint density at radius 2 is 2.00 bits per heavy atom. The molecule has 0 fully saturated rings. The van der Waals surface area contributed by atoms with Crippen molar-refractivity contribution in [2.45, 2.75) is 33.2 Å². The predicted octanol–water partition coefficient (Wildman–Crippen LogP) is 3.28. The number of hydrogen-bond donors (Lipinski definition) is 2. The summed E-state index contributed by atoms with van der Waals surface area (Å²) in [7, 11) is 1.93. The zero-order valence-electron chi connectivity index (χ0n) is 12.5. The van der Waals surface area contributed by atoms with Crippen molar-refractivity contribution >= 4 is 0 Å². The van der Waals surface area contributed by atoms with Gasteiger partial charge >= 0.3 is 0 Å². The molecule has 0 aliphatic rings. The van der Waals surface area contributed by atoms with E-state index in [1.54, 1.807) is 0 Å². The van der Waals surface area contributed by atoms with Crippen LogP contribution in [0.2, 0.25) is 0 Å². The van der Waals surface area contributed by atoms with Gasteiger partial charge < -0.3 is 10.1 Å². The Morgan fingerprint density at radius 1 is 1.25 bits per heavy atom. The Bertz CT molecular complexity index is 531. The van der Waals surface area contributed by atoms with Gasteiger partial charge in [-0.05, 0) is 50.2 Å². The van der Waals surface area contributed by atoms with Crippen molar-refractivity contribution < 1.29 is 4.74 Å². The number of aromatic nitrogens is 2. The van der Waals surface area contributed by atoms with Gasteiger partial charge in [0.05, 0.1) is 18.0 Å². The maximum absolute atomic E-state index is 5.67. The van der Waals surface area contributed by atoms with Gasteiger partial charge in [0.15, 0.2) is 0 Å². The van der Waals surface area contributed by atoms with Gasteiger partial charge in [-0.25, -0.2) is 0 Å². The van der Waals surface area contributed by atoms with Crippen molar-refractivity contribution in [3.63, 3.8) is 0 Å². The van der Waals surface area contributed by atoms with Gasteiger partial charge in [0.25, 0.3) is 0 Å². The van der Waals surface area contributed by atoms with Gasteiger partial charge in [0.2, 0.25) is 0 Å². The lowest BCUT2D eigenvalue weighted by Crippen LogP contribution is -2.06. The molecule has 20 heavy (non-hydrogen) atoms. The number of ether oxygens (including phenoxy) is 1. The Kier molecular flexibility index (Phi) is 5.18. The third-order valence-electron chi connectivity index (χ3n) is 3.36. The maximum atomic E-state index is 5.67. The van der Waals surface area contributed by atoms with E-state index in [1.807, 2.05) is 19.2 Å². The van der Waals surface area contributed by atoms with Crippen molar-refractivity contribution in [2.24, 2.45) is 0 Å². The second-order valence-corrected chi connectivity index (χ2v) is 4.93. The molecular weight excluding hydrogens is 250 g/mol. The summed E-state index contributed by atoms with van der Waals surface area (Å²) in [6.45, 7) is 5.84. The molecule has 0 bridgehead atoms. The molecule has 1 aromatic carbocycles. The molecule has 0 atom stereocenters. The first kappa shape index (κ1) is 14.6. The van der Waals surface area contributed by atoms with E-state index in [0.717, 1.165) is 48.7 Å². The monoisotopic (exact) mass is 273 g/mol. The first-order valence-corrected chi connectivity index (χ1v) is 7.18. The highest BCUT2D eigenvalue weighted by Crippen LogP contribution is 2.25. The van der Waals surface area contributed by atoms with E-state index in [4.69, 9.17) is 4.74 Å². The quantitative estimate of drug-likeness (QED) is 0.761. The third kappa shape index (κ3) is 3.39. The summed E-state index contributed by atoms with van der Waals surface area (Å²) >= 11 is 0. The number of nitrogens with zero attached hydrogens (tertiary/aromatic N) is 1. The summed E-state index contributed by atoms with van der Waals surface area (Å²) in [5.74, 6) is 0.922. The van der Waals surface area contributed by atoms with E-state index in [2.05, 4.69) is 41.5 Å². The Balaban J connectivity index is 2.09. The molecule has 0 amide bonds. The summed E-state index contributed by atoms with van der Waals surface area (Å²) in [6, 6.07) is 8.15. The fourth-order valence-electron chi connectivity index (χ4n) is 2.11. The topological polar surface area (TPSA) is 49.9 Å². The highest BCUT2D eigenvalue weighted by molar-refractivity contribution is 5.64. The van der Waals surface area contributed by atoms with Crippen molar-refractivity contribution in [2.75, 3.05) is 13.7 Å². The predicted molar refractivity (Wildman–Crippen MR) is 81.9 cm³/mol. The highest BCUT2D eigenvalue weighted by Gasteiger charge is 2.10. The minimum atomic E-state index is 0.781. The molecule has 0 spiro atoms. The van der Waals surface area contributed by atoms with Crippen molar-refractivity contribution in [1.82, 2.24) is 15.5 Å². The lowest BCUT2D eigenvalue weighted by molar-refractivity contribution is 0.309. The molecule has 2 aromatic rings. The minimum absolute atomic E-state index is 0.781. The molecule has 4 nitrogen and oxygen atoms in total. The average molecular weight is 273 g/mol. The summed E-state index contributed by atoms with van der Waals surface area (Å²) in [5, 5.41) is 10.6. The van der Waals surface area contributed by atoms with Gasteiger partial charge in [0, 0.05) is 12.1 Å². The fraction of sp³-hybridized carbons (Fsp3) is 0.438. The van der Waals surface area contributed by atoms with Crippen LogP contribution in [0.1, 0.15) is 31.0 Å². The first-order valence-electron chi connectivity index (χ1n) is 7.18. The van der Waals surface area contributed by atoms with E-state index < -0.39 is 0 Å². The van der Waals surface area contributed by atoms with Crippen LogP contribution in [0.15, 0.2) is 24.3 Å². The smallest absolute Gasteiger partial charge is 0.119 e. The molecule has 2 rings (SSSR count).